The molecule has 0 unspecified atom stereocenters. The minimum Gasteiger partial charge on any atom is -0.347 e. The predicted molar refractivity (Wildman–Crippen MR) is 113 cm³/mol. The van der Waals surface area contributed by atoms with Crippen LogP contribution < -0.4 is 10.0 Å². The Kier molecular flexibility index (Phi) is 5.93. The maximum Gasteiger partial charge on any atom is 0.240 e. The summed E-state index contributed by atoms with van der Waals surface area (Å²) in [6.45, 7) is 0. The highest BCUT2D eigenvalue weighted by atomic mass is 32.2. The van der Waals surface area contributed by atoms with E-state index in [-0.39, 0.29) is 22.7 Å². The molecule has 30 heavy (non-hydrogen) atoms. The third-order valence-electron chi connectivity index (χ3n) is 6.01. The third-order valence-corrected chi connectivity index (χ3v) is 7.54. The van der Waals surface area contributed by atoms with Crippen molar-refractivity contribution in [3.8, 4) is 0 Å². The molecule has 7 heteroatoms. The highest BCUT2D eigenvalue weighted by molar-refractivity contribution is 7.89. The minimum atomic E-state index is -3.46. The summed E-state index contributed by atoms with van der Waals surface area (Å²) >= 11 is 0. The van der Waals surface area contributed by atoms with Crippen LogP contribution >= 0.6 is 0 Å². The Bertz CT molecular complexity index is 994. The second-order valence-corrected chi connectivity index (χ2v) is 10.1. The molecule has 2 aliphatic carbocycles. The second-order valence-electron chi connectivity index (χ2n) is 8.38. The molecule has 0 aromatic heterocycles. The van der Waals surface area contributed by atoms with Gasteiger partial charge in [-0.2, -0.15) is 0 Å². The number of benzene rings is 2. The fourth-order valence-corrected chi connectivity index (χ4v) is 5.45. The summed E-state index contributed by atoms with van der Waals surface area (Å²) in [6, 6.07) is 13.2. The van der Waals surface area contributed by atoms with Crippen molar-refractivity contribution in [2.24, 2.45) is 0 Å². The molecule has 2 N–H and O–H groups in total. The number of aryl methyl sites for hydroxylation is 1. The first kappa shape index (κ1) is 21.0. The Hall–Kier alpha value is -2.25. The lowest BCUT2D eigenvalue weighted by Gasteiger charge is -2.31. The number of hydrogen-bond donors (Lipinski definition) is 2. The SMILES string of the molecule is O=C(CCc1ccc(S(=O)(=O)NC2CC2)cc1)NC1(c2ccc(F)cc2)CCCC1. The molecular weight excluding hydrogens is 403 g/mol. The Morgan fingerprint density at radius 2 is 1.63 bits per heavy atom. The van der Waals surface area contributed by atoms with Crippen molar-refractivity contribution in [3.63, 3.8) is 0 Å². The van der Waals surface area contributed by atoms with E-state index >= 15 is 0 Å². The molecule has 2 saturated carbocycles. The van der Waals surface area contributed by atoms with Crippen LogP contribution in [0.4, 0.5) is 4.39 Å². The number of carbonyl (C=O) groups excluding carboxylic acids is 1. The lowest BCUT2D eigenvalue weighted by Crippen LogP contribution is -2.43. The molecule has 0 radical (unpaired) electrons. The van der Waals surface area contributed by atoms with Gasteiger partial charge in [0.05, 0.1) is 10.4 Å². The van der Waals surface area contributed by atoms with Gasteiger partial charge in [0.1, 0.15) is 5.82 Å². The van der Waals surface area contributed by atoms with Crippen molar-refractivity contribution in [2.45, 2.75) is 67.8 Å². The van der Waals surface area contributed by atoms with Crippen molar-refractivity contribution in [1.29, 1.82) is 0 Å². The minimum absolute atomic E-state index is 0.0478. The van der Waals surface area contributed by atoms with E-state index in [1.165, 1.54) is 12.1 Å². The van der Waals surface area contributed by atoms with Crippen molar-refractivity contribution in [2.75, 3.05) is 0 Å². The Balaban J connectivity index is 1.36. The number of sulfonamides is 1. The van der Waals surface area contributed by atoms with Gasteiger partial charge < -0.3 is 5.32 Å². The molecule has 0 atom stereocenters. The monoisotopic (exact) mass is 430 g/mol. The molecule has 2 aliphatic rings. The fourth-order valence-electron chi connectivity index (χ4n) is 4.14. The van der Waals surface area contributed by atoms with E-state index in [1.54, 1.807) is 36.4 Å². The molecule has 0 saturated heterocycles. The Morgan fingerprint density at radius 1 is 1.00 bits per heavy atom. The van der Waals surface area contributed by atoms with Gasteiger partial charge in [-0.15, -0.1) is 0 Å². The topological polar surface area (TPSA) is 75.3 Å². The van der Waals surface area contributed by atoms with Crippen LogP contribution in [-0.4, -0.2) is 20.4 Å². The predicted octanol–water partition coefficient (Wildman–Crippen LogP) is 3.78. The van der Waals surface area contributed by atoms with Crippen molar-refractivity contribution >= 4 is 15.9 Å². The molecule has 0 bridgehead atoms. The molecule has 0 spiro atoms. The number of rotatable bonds is 8. The first-order valence-corrected chi connectivity index (χ1v) is 12.0. The summed E-state index contributed by atoms with van der Waals surface area (Å²) in [5.41, 5.74) is 1.45. The zero-order valence-corrected chi connectivity index (χ0v) is 17.7. The van der Waals surface area contributed by atoms with Crippen molar-refractivity contribution < 1.29 is 17.6 Å². The van der Waals surface area contributed by atoms with Gasteiger partial charge in [-0.3, -0.25) is 4.79 Å². The van der Waals surface area contributed by atoms with Gasteiger partial charge in [0.2, 0.25) is 15.9 Å². The fraction of sp³-hybridized carbons (Fsp3) is 0.435. The molecule has 1 amide bonds. The summed E-state index contributed by atoms with van der Waals surface area (Å²) in [7, 11) is -3.46. The molecule has 2 fully saturated rings. The van der Waals surface area contributed by atoms with Gasteiger partial charge in [-0.05, 0) is 67.5 Å². The number of hydrogen-bond acceptors (Lipinski definition) is 3. The van der Waals surface area contributed by atoms with Crippen LogP contribution in [0.5, 0.6) is 0 Å². The molecule has 0 aliphatic heterocycles. The average Bonchev–Trinajstić information content (AvgIpc) is 3.40. The largest absolute Gasteiger partial charge is 0.347 e. The maximum atomic E-state index is 13.3. The second kappa shape index (κ2) is 8.47. The highest BCUT2D eigenvalue weighted by Crippen LogP contribution is 2.39. The van der Waals surface area contributed by atoms with Crippen molar-refractivity contribution in [3.05, 3.63) is 65.5 Å². The lowest BCUT2D eigenvalue weighted by molar-refractivity contribution is -0.123. The normalized spacial score (nSPS) is 18.3. The summed E-state index contributed by atoms with van der Waals surface area (Å²) in [4.78, 5) is 12.9. The van der Waals surface area contributed by atoms with Gasteiger partial charge in [-0.25, -0.2) is 17.5 Å². The molecule has 2 aromatic rings. The number of amides is 1. The van der Waals surface area contributed by atoms with Gasteiger partial charge in [0, 0.05) is 12.5 Å². The van der Waals surface area contributed by atoms with Crippen LogP contribution in [0.2, 0.25) is 0 Å². The van der Waals surface area contributed by atoms with Crippen LogP contribution in [-0.2, 0) is 26.8 Å². The summed E-state index contributed by atoms with van der Waals surface area (Å²) in [6.07, 6.45) is 6.40. The first-order valence-electron chi connectivity index (χ1n) is 10.5. The zero-order valence-electron chi connectivity index (χ0n) is 16.9. The molecule has 2 aromatic carbocycles. The van der Waals surface area contributed by atoms with E-state index in [0.717, 1.165) is 49.7 Å². The smallest absolute Gasteiger partial charge is 0.240 e. The lowest BCUT2D eigenvalue weighted by atomic mass is 9.88. The first-order chi connectivity index (χ1) is 14.4. The van der Waals surface area contributed by atoms with E-state index in [2.05, 4.69) is 10.0 Å². The van der Waals surface area contributed by atoms with E-state index < -0.39 is 15.6 Å². The van der Waals surface area contributed by atoms with E-state index in [4.69, 9.17) is 0 Å². The number of halogens is 1. The van der Waals surface area contributed by atoms with Gasteiger partial charge in [0.25, 0.3) is 0 Å². The number of nitrogens with one attached hydrogen (secondary N) is 2. The Morgan fingerprint density at radius 3 is 2.23 bits per heavy atom. The van der Waals surface area contributed by atoms with E-state index in [0.29, 0.717) is 12.8 Å². The average molecular weight is 431 g/mol. The van der Waals surface area contributed by atoms with Gasteiger partial charge in [0.15, 0.2) is 0 Å². The van der Waals surface area contributed by atoms with Crippen LogP contribution in [0.3, 0.4) is 0 Å². The summed E-state index contributed by atoms with van der Waals surface area (Å²) in [5.74, 6) is -0.329. The highest BCUT2D eigenvalue weighted by Gasteiger charge is 2.36. The van der Waals surface area contributed by atoms with Crippen molar-refractivity contribution in [1.82, 2.24) is 10.0 Å². The summed E-state index contributed by atoms with van der Waals surface area (Å²) in [5, 5.41) is 3.20. The molecule has 5 nitrogen and oxygen atoms in total. The van der Waals surface area contributed by atoms with Gasteiger partial charge >= 0.3 is 0 Å². The third kappa shape index (κ3) is 4.90. The van der Waals surface area contributed by atoms with Crippen LogP contribution in [0.25, 0.3) is 0 Å². The van der Waals surface area contributed by atoms with Crippen LogP contribution in [0.15, 0.2) is 53.4 Å². The van der Waals surface area contributed by atoms with Crippen LogP contribution in [0, 0.1) is 5.82 Å². The summed E-state index contributed by atoms with van der Waals surface area (Å²) < 4.78 is 40.5. The molecule has 4 rings (SSSR count). The zero-order chi connectivity index (χ0) is 21.2. The molecular formula is C23H27FN2O3S. The van der Waals surface area contributed by atoms with E-state index in [1.807, 2.05) is 0 Å². The maximum absolute atomic E-state index is 13.3. The van der Waals surface area contributed by atoms with Gasteiger partial charge in [-0.1, -0.05) is 37.1 Å². The number of carbonyl (C=O) groups is 1. The molecule has 0 heterocycles. The standard InChI is InChI=1S/C23H27FN2O3S/c24-19-8-6-18(7-9-19)23(15-1-2-16-23)25-22(27)14-5-17-3-12-21(13-4-17)30(28,29)26-20-10-11-20/h3-4,6-9,12-13,20,26H,1-2,5,10-11,14-16H2,(H,25,27). The van der Waals surface area contributed by atoms with E-state index in [9.17, 15) is 17.6 Å². The van der Waals surface area contributed by atoms with Crippen LogP contribution in [0.1, 0.15) is 56.1 Å². The molecule has 160 valence electrons. The quantitative estimate of drug-likeness (QED) is 0.669. The Labute approximate surface area is 177 Å².